The lowest BCUT2D eigenvalue weighted by Crippen LogP contribution is -2.31. The predicted molar refractivity (Wildman–Crippen MR) is 65.4 cm³/mol. The molecule has 0 saturated carbocycles. The van der Waals surface area contributed by atoms with Crippen LogP contribution < -0.4 is 6.15 Å². The average molecular weight is 267 g/mol. The highest BCUT2D eigenvalue weighted by molar-refractivity contribution is 7.88. The molecule has 3 N–H and O–H groups in total. The van der Waals surface area contributed by atoms with E-state index in [-0.39, 0.29) is 24.9 Å². The summed E-state index contributed by atoms with van der Waals surface area (Å²) in [6.45, 7) is 9.20. The zero-order valence-electron chi connectivity index (χ0n) is 10.8. The van der Waals surface area contributed by atoms with E-state index in [0.29, 0.717) is 0 Å². The minimum Gasteiger partial charge on any atom is -0.460 e. The largest absolute Gasteiger partial charge is 0.460 e. The van der Waals surface area contributed by atoms with Crippen molar-refractivity contribution in [1.29, 1.82) is 0 Å². The highest BCUT2D eigenvalue weighted by Gasteiger charge is 2.29. The van der Waals surface area contributed by atoms with Crippen LogP contribution in [0.1, 0.15) is 27.7 Å². The molecular weight excluding hydrogens is 246 g/mol. The van der Waals surface area contributed by atoms with Gasteiger partial charge in [-0.25, -0.2) is 4.79 Å². The van der Waals surface area contributed by atoms with Crippen LogP contribution in [0.15, 0.2) is 12.2 Å². The second-order valence-electron chi connectivity index (χ2n) is 4.30. The Morgan fingerprint density at radius 3 is 2.06 bits per heavy atom. The maximum Gasteiger partial charge on any atom is 0.333 e. The van der Waals surface area contributed by atoms with Gasteiger partial charge >= 0.3 is 5.97 Å². The Balaban J connectivity index is 0. The second-order valence-corrected chi connectivity index (χ2v) is 6.67. The van der Waals surface area contributed by atoms with E-state index in [2.05, 4.69) is 15.5 Å². The Hall–Kier alpha value is -0.920. The van der Waals surface area contributed by atoms with E-state index in [1.54, 1.807) is 0 Å². The molecule has 0 heterocycles. The van der Waals surface area contributed by atoms with Crippen LogP contribution in [-0.2, 0) is 23.8 Å². The molecule has 0 rings (SSSR count). The lowest BCUT2D eigenvalue weighted by molar-refractivity contribution is -0.139. The highest BCUT2D eigenvalue weighted by Crippen LogP contribution is 2.16. The van der Waals surface area contributed by atoms with Gasteiger partial charge in [0.2, 0.25) is 0 Å². The number of carbonyl (C=O) groups excluding carboxylic acids is 1. The first-order valence-corrected chi connectivity index (χ1v) is 6.20. The van der Waals surface area contributed by atoms with Crippen molar-refractivity contribution < 1.29 is 22.1 Å². The molecule has 0 aliphatic rings. The first-order valence-electron chi connectivity index (χ1n) is 4.79. The monoisotopic (exact) mass is 267 g/mol. The molecule has 0 aliphatic carbocycles. The summed E-state index contributed by atoms with van der Waals surface area (Å²) in [5, 5.41) is 0. The Bertz CT molecular complexity index is 367. The van der Waals surface area contributed by atoms with Gasteiger partial charge in [0.1, 0.15) is 13.2 Å². The molecule has 0 amide bonds. The predicted octanol–water partition coefficient (Wildman–Crippen LogP) is 1.41. The van der Waals surface area contributed by atoms with Gasteiger partial charge in [0.05, 0.1) is 4.75 Å². The van der Waals surface area contributed by atoms with Crippen molar-refractivity contribution in [2.75, 3.05) is 13.2 Å². The molecule has 0 aromatic heterocycles. The third kappa shape index (κ3) is 6.40. The summed E-state index contributed by atoms with van der Waals surface area (Å²) in [7, 11) is -3.63. The Morgan fingerprint density at radius 1 is 1.24 bits per heavy atom. The molecule has 0 radical (unpaired) electrons. The fraction of sp³-hybridized carbons (Fsp3) is 0.700. The van der Waals surface area contributed by atoms with Crippen LogP contribution >= 0.6 is 0 Å². The number of carbonyl (C=O) groups is 1. The zero-order valence-corrected chi connectivity index (χ0v) is 11.6. The normalized spacial score (nSPS) is 11.5. The average Bonchev–Trinajstić information content (AvgIpc) is 2.09. The van der Waals surface area contributed by atoms with Crippen molar-refractivity contribution in [3.05, 3.63) is 12.2 Å². The molecular formula is C10H21NO5S. The summed E-state index contributed by atoms with van der Waals surface area (Å²) in [5.74, 6) is -0.559. The van der Waals surface area contributed by atoms with E-state index in [1.165, 1.54) is 27.7 Å². The molecule has 0 saturated heterocycles. The lowest BCUT2D eigenvalue weighted by Gasteiger charge is -2.18. The summed E-state index contributed by atoms with van der Waals surface area (Å²) in [6, 6.07) is 0. The van der Waals surface area contributed by atoms with Gasteiger partial charge in [0.25, 0.3) is 10.1 Å². The minimum absolute atomic E-state index is 0. The third-order valence-corrected chi connectivity index (χ3v) is 3.63. The second kappa shape index (κ2) is 6.73. The van der Waals surface area contributed by atoms with Crippen molar-refractivity contribution in [3.8, 4) is 0 Å². The van der Waals surface area contributed by atoms with E-state index >= 15 is 0 Å². The maximum absolute atomic E-state index is 11.5. The van der Waals surface area contributed by atoms with Gasteiger partial charge in [-0.3, -0.25) is 4.18 Å². The number of hydrogen-bond donors (Lipinski definition) is 1. The van der Waals surface area contributed by atoms with Gasteiger partial charge in [-0.15, -0.1) is 0 Å². The van der Waals surface area contributed by atoms with Crippen LogP contribution in [0.5, 0.6) is 0 Å². The summed E-state index contributed by atoms with van der Waals surface area (Å²) in [5.41, 5.74) is 0.263. The molecule has 6 nitrogen and oxygen atoms in total. The van der Waals surface area contributed by atoms with Gasteiger partial charge < -0.3 is 10.9 Å². The Morgan fingerprint density at radius 2 is 1.71 bits per heavy atom. The van der Waals surface area contributed by atoms with Gasteiger partial charge in [-0.2, -0.15) is 8.42 Å². The summed E-state index contributed by atoms with van der Waals surface area (Å²) >= 11 is 0. The van der Waals surface area contributed by atoms with E-state index in [0.717, 1.165) is 0 Å². The molecule has 0 aromatic rings. The lowest BCUT2D eigenvalue weighted by atomic mass is 10.3. The van der Waals surface area contributed by atoms with Crippen LogP contribution in [0, 0.1) is 0 Å². The molecule has 0 unspecified atom stereocenters. The Labute approximate surface area is 103 Å². The smallest absolute Gasteiger partial charge is 0.333 e. The van der Waals surface area contributed by atoms with Crippen molar-refractivity contribution in [3.63, 3.8) is 0 Å². The number of hydrogen-bond acceptors (Lipinski definition) is 6. The maximum atomic E-state index is 11.5. The SMILES string of the molecule is C=C(C)C(=O)OCCOS(=O)(=O)C(C)(C)C.N. The molecule has 0 spiro atoms. The highest BCUT2D eigenvalue weighted by atomic mass is 32.2. The fourth-order valence-electron chi connectivity index (χ4n) is 0.578. The molecule has 0 aromatic carbocycles. The number of rotatable bonds is 5. The van der Waals surface area contributed by atoms with Crippen LogP contribution in [0.3, 0.4) is 0 Å². The Kier molecular flexibility index (Phi) is 7.30. The number of ether oxygens (including phenoxy) is 1. The molecule has 0 bridgehead atoms. The molecule has 102 valence electrons. The quantitative estimate of drug-likeness (QED) is 0.349. The van der Waals surface area contributed by atoms with Crippen molar-refractivity contribution >= 4 is 16.1 Å². The van der Waals surface area contributed by atoms with Crippen LogP contribution in [0.2, 0.25) is 0 Å². The van der Waals surface area contributed by atoms with Crippen LogP contribution in [0.4, 0.5) is 0 Å². The summed E-state index contributed by atoms with van der Waals surface area (Å²) < 4.78 is 31.3. The minimum atomic E-state index is -3.63. The molecule has 0 atom stereocenters. The standard InChI is InChI=1S/C10H18O5S.H3N/c1-8(2)9(11)14-6-7-15-16(12,13)10(3,4)5;/h1,6-7H2,2-5H3;1H3. The van der Waals surface area contributed by atoms with Crippen LogP contribution in [-0.4, -0.2) is 32.3 Å². The van der Waals surface area contributed by atoms with E-state index in [1.807, 2.05) is 0 Å². The van der Waals surface area contributed by atoms with E-state index < -0.39 is 20.8 Å². The van der Waals surface area contributed by atoms with Crippen molar-refractivity contribution in [2.45, 2.75) is 32.4 Å². The van der Waals surface area contributed by atoms with Gasteiger partial charge in [0.15, 0.2) is 0 Å². The molecule has 0 fully saturated rings. The summed E-state index contributed by atoms with van der Waals surface area (Å²) in [6.07, 6.45) is 0. The zero-order chi connectivity index (χ0) is 13.0. The van der Waals surface area contributed by atoms with E-state index in [9.17, 15) is 13.2 Å². The third-order valence-electron chi connectivity index (χ3n) is 1.65. The van der Waals surface area contributed by atoms with Gasteiger partial charge in [0, 0.05) is 5.57 Å². The van der Waals surface area contributed by atoms with Crippen molar-refractivity contribution in [1.82, 2.24) is 6.15 Å². The van der Waals surface area contributed by atoms with E-state index in [4.69, 9.17) is 0 Å². The van der Waals surface area contributed by atoms with Gasteiger partial charge in [-0.05, 0) is 27.7 Å². The molecule has 7 heteroatoms. The first-order chi connectivity index (χ1) is 7.08. The fourth-order valence-corrected chi connectivity index (χ4v) is 1.22. The number of esters is 1. The van der Waals surface area contributed by atoms with Crippen molar-refractivity contribution in [2.24, 2.45) is 0 Å². The molecule has 0 aliphatic heterocycles. The van der Waals surface area contributed by atoms with Gasteiger partial charge in [-0.1, -0.05) is 6.58 Å². The molecule has 17 heavy (non-hydrogen) atoms. The van der Waals surface area contributed by atoms with Crippen LogP contribution in [0.25, 0.3) is 0 Å². The topological polar surface area (TPSA) is 105 Å². The summed E-state index contributed by atoms with van der Waals surface area (Å²) in [4.78, 5) is 10.9. The first kappa shape index (κ1) is 18.4.